The Bertz CT molecular complexity index is 1430. The van der Waals surface area contributed by atoms with Crippen LogP contribution in [0.4, 0.5) is 15.8 Å². The molecule has 34 heavy (non-hydrogen) atoms. The Balaban J connectivity index is 1.64. The maximum absolute atomic E-state index is 13.4. The van der Waals surface area contributed by atoms with Crippen molar-refractivity contribution in [1.29, 1.82) is 0 Å². The average Bonchev–Trinajstić information content (AvgIpc) is 3.10. The molecular weight excluding hydrogens is 503 g/mol. The highest BCUT2D eigenvalue weighted by Crippen LogP contribution is 2.24. The topological polar surface area (TPSA) is 92.2 Å². The SMILES string of the molecule is Cc1cc(C)cc(NC(=O)c2cc3cc(Br)ccc3n2NC(=O)C(=O)Nc2cccc(F)c2)c1. The van der Waals surface area contributed by atoms with Crippen LogP contribution < -0.4 is 16.1 Å². The lowest BCUT2D eigenvalue weighted by atomic mass is 10.1. The molecule has 0 aliphatic heterocycles. The van der Waals surface area contributed by atoms with E-state index >= 15 is 0 Å². The third-order valence-electron chi connectivity index (χ3n) is 4.98. The van der Waals surface area contributed by atoms with E-state index in [2.05, 4.69) is 32.0 Å². The number of rotatable bonds is 4. The van der Waals surface area contributed by atoms with Crippen molar-refractivity contribution in [2.75, 3.05) is 16.1 Å². The van der Waals surface area contributed by atoms with Crippen LogP contribution in [0.3, 0.4) is 0 Å². The Hall–Kier alpha value is -3.98. The second kappa shape index (κ2) is 9.48. The molecular formula is C25H20BrFN4O3. The van der Waals surface area contributed by atoms with Gasteiger partial charge in [-0.15, -0.1) is 0 Å². The number of anilines is 2. The summed E-state index contributed by atoms with van der Waals surface area (Å²) in [5.41, 5.74) is 5.83. The van der Waals surface area contributed by atoms with Gasteiger partial charge in [0.2, 0.25) is 0 Å². The number of nitrogens with one attached hydrogen (secondary N) is 3. The van der Waals surface area contributed by atoms with E-state index in [9.17, 15) is 18.8 Å². The Labute approximate surface area is 203 Å². The van der Waals surface area contributed by atoms with Crippen LogP contribution in [0.2, 0.25) is 0 Å². The molecule has 0 aliphatic carbocycles. The smallest absolute Gasteiger partial charge is 0.321 e. The van der Waals surface area contributed by atoms with E-state index in [0.717, 1.165) is 21.7 Å². The number of carbonyl (C=O) groups is 3. The summed E-state index contributed by atoms with van der Waals surface area (Å²) in [6.07, 6.45) is 0. The van der Waals surface area contributed by atoms with Gasteiger partial charge in [0, 0.05) is 21.2 Å². The van der Waals surface area contributed by atoms with Crippen molar-refractivity contribution in [1.82, 2.24) is 4.68 Å². The van der Waals surface area contributed by atoms with Crippen LogP contribution in [0, 0.1) is 19.7 Å². The molecule has 0 aliphatic rings. The first-order chi connectivity index (χ1) is 16.2. The lowest BCUT2D eigenvalue weighted by molar-refractivity contribution is -0.133. The number of amides is 3. The van der Waals surface area contributed by atoms with E-state index in [1.54, 1.807) is 24.3 Å². The number of halogens is 2. The fourth-order valence-corrected chi connectivity index (χ4v) is 4.00. The van der Waals surface area contributed by atoms with Crippen molar-refractivity contribution in [2.24, 2.45) is 0 Å². The second-order valence-corrected chi connectivity index (χ2v) is 8.72. The molecule has 0 fully saturated rings. The Morgan fingerprint density at radius 3 is 2.26 bits per heavy atom. The van der Waals surface area contributed by atoms with Crippen molar-refractivity contribution < 1.29 is 18.8 Å². The molecule has 0 spiro atoms. The summed E-state index contributed by atoms with van der Waals surface area (Å²) < 4.78 is 15.4. The van der Waals surface area contributed by atoms with Gasteiger partial charge in [-0.2, -0.15) is 0 Å². The van der Waals surface area contributed by atoms with Crippen LogP contribution in [0.5, 0.6) is 0 Å². The summed E-state index contributed by atoms with van der Waals surface area (Å²) in [7, 11) is 0. The highest BCUT2D eigenvalue weighted by Gasteiger charge is 2.21. The Morgan fingerprint density at radius 1 is 0.824 bits per heavy atom. The standard InChI is InChI=1S/C25H20BrFN4O3/c1-14-8-15(2)10-20(9-14)29-23(32)22-12-16-11-17(26)6-7-21(16)31(22)30-25(34)24(33)28-19-5-3-4-18(27)13-19/h3-13H,1-2H3,(H,28,33)(H,29,32)(H,30,34). The normalized spacial score (nSPS) is 10.7. The Morgan fingerprint density at radius 2 is 1.56 bits per heavy atom. The fourth-order valence-electron chi connectivity index (χ4n) is 3.62. The van der Waals surface area contributed by atoms with Crippen molar-refractivity contribution in [2.45, 2.75) is 13.8 Å². The van der Waals surface area contributed by atoms with Gasteiger partial charge < -0.3 is 10.6 Å². The second-order valence-electron chi connectivity index (χ2n) is 7.80. The van der Waals surface area contributed by atoms with E-state index in [-0.39, 0.29) is 11.4 Å². The number of hydrogen-bond donors (Lipinski definition) is 3. The van der Waals surface area contributed by atoms with Gasteiger partial charge in [0.05, 0.1) is 5.52 Å². The molecule has 0 radical (unpaired) electrons. The average molecular weight is 523 g/mol. The van der Waals surface area contributed by atoms with E-state index in [1.807, 2.05) is 32.0 Å². The summed E-state index contributed by atoms with van der Waals surface area (Å²) in [4.78, 5) is 38.2. The van der Waals surface area contributed by atoms with Gasteiger partial charge in [-0.1, -0.05) is 28.1 Å². The summed E-state index contributed by atoms with van der Waals surface area (Å²) in [6, 6.07) is 17.7. The molecule has 9 heteroatoms. The minimum absolute atomic E-state index is 0.124. The first-order valence-corrected chi connectivity index (χ1v) is 11.1. The van der Waals surface area contributed by atoms with Crippen LogP contribution in [-0.2, 0) is 9.59 Å². The fraction of sp³-hybridized carbons (Fsp3) is 0.0800. The molecule has 172 valence electrons. The first-order valence-electron chi connectivity index (χ1n) is 10.3. The third-order valence-corrected chi connectivity index (χ3v) is 5.47. The molecule has 3 amide bonds. The molecule has 0 saturated heterocycles. The molecule has 1 aromatic heterocycles. The number of fused-ring (bicyclic) bond motifs is 1. The molecule has 0 saturated carbocycles. The Kier molecular flexibility index (Phi) is 6.47. The number of aryl methyl sites for hydroxylation is 2. The molecule has 3 N–H and O–H groups in total. The third kappa shape index (κ3) is 5.15. The van der Waals surface area contributed by atoms with Gasteiger partial charge in [-0.3, -0.25) is 19.8 Å². The van der Waals surface area contributed by atoms with Gasteiger partial charge in [0.1, 0.15) is 11.5 Å². The molecule has 4 aromatic rings. The van der Waals surface area contributed by atoms with E-state index in [1.165, 1.54) is 22.9 Å². The van der Waals surface area contributed by atoms with Crippen LogP contribution in [0.15, 0.2) is 71.2 Å². The minimum atomic E-state index is -1.02. The van der Waals surface area contributed by atoms with E-state index in [0.29, 0.717) is 16.6 Å². The summed E-state index contributed by atoms with van der Waals surface area (Å²) in [5.74, 6) is -3.05. The van der Waals surface area contributed by atoms with E-state index < -0.39 is 23.5 Å². The largest absolute Gasteiger partial charge is 0.328 e. The summed E-state index contributed by atoms with van der Waals surface area (Å²) in [6.45, 7) is 3.85. The zero-order valence-electron chi connectivity index (χ0n) is 18.3. The zero-order chi connectivity index (χ0) is 24.4. The van der Waals surface area contributed by atoms with Crippen LogP contribution >= 0.6 is 15.9 Å². The maximum atomic E-state index is 13.4. The van der Waals surface area contributed by atoms with Gasteiger partial charge >= 0.3 is 11.8 Å². The van der Waals surface area contributed by atoms with Gasteiger partial charge in [-0.25, -0.2) is 9.07 Å². The number of nitrogens with zero attached hydrogens (tertiary/aromatic N) is 1. The predicted octanol–water partition coefficient (Wildman–Crippen LogP) is 5.12. The lowest BCUT2D eigenvalue weighted by Crippen LogP contribution is -2.36. The predicted molar refractivity (Wildman–Crippen MR) is 133 cm³/mol. The van der Waals surface area contributed by atoms with E-state index in [4.69, 9.17) is 0 Å². The quantitative estimate of drug-likeness (QED) is 0.325. The number of hydrogen-bond acceptors (Lipinski definition) is 3. The molecule has 1 heterocycles. The highest BCUT2D eigenvalue weighted by atomic mass is 79.9. The summed E-state index contributed by atoms with van der Waals surface area (Å²) in [5, 5.41) is 5.85. The van der Waals surface area contributed by atoms with Gasteiger partial charge in [0.15, 0.2) is 0 Å². The van der Waals surface area contributed by atoms with Gasteiger partial charge in [-0.05, 0) is 79.6 Å². The van der Waals surface area contributed by atoms with Crippen LogP contribution in [0.25, 0.3) is 10.9 Å². The molecule has 3 aromatic carbocycles. The number of aromatic nitrogens is 1. The molecule has 4 rings (SSSR count). The van der Waals surface area contributed by atoms with Crippen molar-refractivity contribution >= 4 is 55.9 Å². The monoisotopic (exact) mass is 522 g/mol. The maximum Gasteiger partial charge on any atom is 0.328 e. The van der Waals surface area contributed by atoms with Crippen LogP contribution in [0.1, 0.15) is 21.6 Å². The lowest BCUT2D eigenvalue weighted by Gasteiger charge is -2.13. The zero-order valence-corrected chi connectivity index (χ0v) is 19.9. The highest BCUT2D eigenvalue weighted by molar-refractivity contribution is 9.10. The van der Waals surface area contributed by atoms with Gasteiger partial charge in [0.25, 0.3) is 5.91 Å². The molecule has 0 atom stereocenters. The van der Waals surface area contributed by atoms with Crippen molar-refractivity contribution in [3.05, 3.63) is 93.8 Å². The summed E-state index contributed by atoms with van der Waals surface area (Å²) >= 11 is 3.40. The van der Waals surface area contributed by atoms with Crippen molar-refractivity contribution in [3.8, 4) is 0 Å². The minimum Gasteiger partial charge on any atom is -0.321 e. The first kappa shape index (κ1) is 23.2. The number of benzene rings is 3. The molecule has 0 bridgehead atoms. The molecule has 0 unspecified atom stereocenters. The number of carbonyl (C=O) groups excluding carboxylic acids is 3. The molecule has 7 nitrogen and oxygen atoms in total. The van der Waals surface area contributed by atoms with Crippen molar-refractivity contribution in [3.63, 3.8) is 0 Å². The van der Waals surface area contributed by atoms with Crippen LogP contribution in [-0.4, -0.2) is 22.4 Å².